The molecule has 8 aromatic rings. The first-order valence-corrected chi connectivity index (χ1v) is 21.4. The Morgan fingerprint density at radius 2 is 0.750 bits per heavy atom. The molecule has 0 saturated carbocycles. The van der Waals surface area contributed by atoms with Crippen molar-refractivity contribution in [2.24, 2.45) is 0 Å². The van der Waals surface area contributed by atoms with E-state index in [-0.39, 0.29) is 29.4 Å². The summed E-state index contributed by atoms with van der Waals surface area (Å²) in [6, 6.07) is 55.7. The van der Waals surface area contributed by atoms with E-state index in [2.05, 4.69) is 0 Å². The summed E-state index contributed by atoms with van der Waals surface area (Å²) in [6.45, 7) is 1.76. The van der Waals surface area contributed by atoms with Crippen molar-refractivity contribution in [3.05, 3.63) is 203 Å². The maximum absolute atomic E-state index is 11.7. The van der Waals surface area contributed by atoms with Crippen LogP contribution in [0.4, 0.5) is 0 Å². The van der Waals surface area contributed by atoms with Crippen LogP contribution in [0.1, 0.15) is 64.5 Å². The third-order valence-corrected chi connectivity index (χ3v) is 12.5. The van der Waals surface area contributed by atoms with Crippen LogP contribution in [0.15, 0.2) is 170 Å². The number of hydrogen-bond acceptors (Lipinski definition) is 8. The van der Waals surface area contributed by atoms with Gasteiger partial charge in [-0.15, -0.1) is 0 Å². The molecule has 8 aromatic carbocycles. The Bertz CT molecular complexity index is 2790. The predicted octanol–water partition coefficient (Wildman–Crippen LogP) is 12.4. The Morgan fingerprint density at radius 1 is 0.359 bits per heavy atom. The summed E-state index contributed by atoms with van der Waals surface area (Å²) < 4.78 is 0. The lowest BCUT2D eigenvalue weighted by Crippen LogP contribution is -2.12. The first-order valence-electron chi connectivity index (χ1n) is 21.4. The molecule has 0 aromatic heterocycles. The van der Waals surface area contributed by atoms with Gasteiger partial charge in [0.15, 0.2) is 46.0 Å². The van der Waals surface area contributed by atoms with Crippen LogP contribution < -0.4 is 0 Å². The van der Waals surface area contributed by atoms with Crippen LogP contribution in [0.5, 0.6) is 46.0 Å². The van der Waals surface area contributed by atoms with E-state index < -0.39 is 63.0 Å². The Kier molecular flexibility index (Phi) is 12.5. The molecular formula is C56H50O8. The van der Waals surface area contributed by atoms with Crippen LogP contribution in [0.2, 0.25) is 0 Å². The van der Waals surface area contributed by atoms with E-state index in [9.17, 15) is 40.9 Å². The van der Waals surface area contributed by atoms with Crippen molar-refractivity contribution in [3.8, 4) is 79.4 Å². The standard InChI is InChI=1S/C56H50O8/c1-34(45(42-20-12-5-13-21-42)33-36-22-24-39(25-23-36)37-16-8-3-9-17-37)46-51(59)55(63)48(56(64)52(46)60)47-53(61)49(57)44(50(58)54(47)62)31-30-43(32-35-14-6-2-7-15-35)41-28-26-40(27-29-41)38-18-10-4-11-19-38/h2-29,34,43,45,57-64H,30-33H2,1H3/t34?,43-,45+/m0/s1. The molecule has 8 rings (SSSR count). The number of phenolic OH excluding ortho intramolecular Hbond substituents is 8. The van der Waals surface area contributed by atoms with Crippen LogP contribution >= 0.6 is 0 Å². The molecule has 322 valence electrons. The summed E-state index contributed by atoms with van der Waals surface area (Å²) >= 11 is 0. The SMILES string of the molecule is CC(c1c(O)c(O)c(-c2c(O)c(O)c(CC[C@@H](Cc3ccccc3)c3ccc(-c4ccccc4)cc3)c(O)c2O)c(O)c1O)[C@@H](Cc1ccc(-c2ccccc2)cc1)c1ccccc1. The maximum Gasteiger partial charge on any atom is 0.170 e. The third-order valence-electron chi connectivity index (χ3n) is 12.5. The fourth-order valence-corrected chi connectivity index (χ4v) is 8.99. The van der Waals surface area contributed by atoms with Crippen LogP contribution in [-0.4, -0.2) is 40.9 Å². The largest absolute Gasteiger partial charge is 0.504 e. The lowest BCUT2D eigenvalue weighted by Gasteiger charge is -2.28. The van der Waals surface area contributed by atoms with Gasteiger partial charge < -0.3 is 40.9 Å². The van der Waals surface area contributed by atoms with Gasteiger partial charge in [0, 0.05) is 11.1 Å². The number of rotatable bonds is 14. The van der Waals surface area contributed by atoms with Crippen molar-refractivity contribution >= 4 is 0 Å². The van der Waals surface area contributed by atoms with E-state index in [1.54, 1.807) is 6.92 Å². The van der Waals surface area contributed by atoms with Crippen LogP contribution in [0.3, 0.4) is 0 Å². The first kappa shape index (κ1) is 42.8. The molecule has 8 nitrogen and oxygen atoms in total. The van der Waals surface area contributed by atoms with E-state index >= 15 is 0 Å². The van der Waals surface area contributed by atoms with Crippen LogP contribution in [0.25, 0.3) is 33.4 Å². The van der Waals surface area contributed by atoms with Crippen molar-refractivity contribution in [2.75, 3.05) is 0 Å². The first-order chi connectivity index (χ1) is 31.0. The molecule has 0 bridgehead atoms. The summed E-state index contributed by atoms with van der Waals surface area (Å²) in [5, 5.41) is 92.4. The highest BCUT2D eigenvalue weighted by Crippen LogP contribution is 2.61. The molecule has 0 radical (unpaired) electrons. The van der Waals surface area contributed by atoms with Gasteiger partial charge in [-0.2, -0.15) is 0 Å². The van der Waals surface area contributed by atoms with E-state index in [0.717, 1.165) is 44.5 Å². The summed E-state index contributed by atoms with van der Waals surface area (Å²) in [5.74, 6) is -8.29. The van der Waals surface area contributed by atoms with Crippen molar-refractivity contribution in [1.82, 2.24) is 0 Å². The highest BCUT2D eigenvalue weighted by Gasteiger charge is 2.36. The van der Waals surface area contributed by atoms with Gasteiger partial charge in [0.2, 0.25) is 0 Å². The molecule has 0 aliphatic heterocycles. The minimum absolute atomic E-state index is 0.0117. The third kappa shape index (κ3) is 8.63. The average Bonchev–Trinajstić information content (AvgIpc) is 3.34. The highest BCUT2D eigenvalue weighted by atomic mass is 16.3. The molecule has 8 heteroatoms. The van der Waals surface area contributed by atoms with Gasteiger partial charge in [0.1, 0.15) is 0 Å². The molecule has 0 spiro atoms. The summed E-state index contributed by atoms with van der Waals surface area (Å²) in [6.07, 6.45) is 1.47. The predicted molar refractivity (Wildman–Crippen MR) is 251 cm³/mol. The van der Waals surface area contributed by atoms with E-state index in [4.69, 9.17) is 0 Å². The second-order valence-electron chi connectivity index (χ2n) is 16.4. The van der Waals surface area contributed by atoms with Gasteiger partial charge in [0.25, 0.3) is 0 Å². The lowest BCUT2D eigenvalue weighted by atomic mass is 9.77. The van der Waals surface area contributed by atoms with Crippen molar-refractivity contribution in [2.45, 2.75) is 50.4 Å². The zero-order chi connectivity index (χ0) is 44.9. The van der Waals surface area contributed by atoms with Gasteiger partial charge in [-0.05, 0) is 87.9 Å². The minimum atomic E-state index is -0.977. The second kappa shape index (κ2) is 18.6. The van der Waals surface area contributed by atoms with E-state index in [0.29, 0.717) is 19.3 Å². The van der Waals surface area contributed by atoms with Gasteiger partial charge in [-0.3, -0.25) is 0 Å². The monoisotopic (exact) mass is 850 g/mol. The van der Waals surface area contributed by atoms with Gasteiger partial charge in [-0.25, -0.2) is 0 Å². The Morgan fingerprint density at radius 3 is 1.23 bits per heavy atom. The molecule has 3 atom stereocenters. The summed E-state index contributed by atoms with van der Waals surface area (Å²) in [5.41, 5.74) is 6.32. The van der Waals surface area contributed by atoms with E-state index in [1.165, 1.54) is 0 Å². The summed E-state index contributed by atoms with van der Waals surface area (Å²) in [7, 11) is 0. The van der Waals surface area contributed by atoms with Crippen molar-refractivity contribution < 1.29 is 40.9 Å². The van der Waals surface area contributed by atoms with Gasteiger partial charge in [-0.1, -0.05) is 177 Å². The fourth-order valence-electron chi connectivity index (χ4n) is 8.99. The maximum atomic E-state index is 11.7. The molecule has 64 heavy (non-hydrogen) atoms. The van der Waals surface area contributed by atoms with Crippen LogP contribution in [0, 0.1) is 0 Å². The summed E-state index contributed by atoms with van der Waals surface area (Å²) in [4.78, 5) is 0. The smallest absolute Gasteiger partial charge is 0.170 e. The minimum Gasteiger partial charge on any atom is -0.504 e. The van der Waals surface area contributed by atoms with E-state index in [1.807, 2.05) is 170 Å². The average molecular weight is 851 g/mol. The molecule has 0 fully saturated rings. The lowest BCUT2D eigenvalue weighted by molar-refractivity contribution is 0.353. The molecule has 0 aliphatic rings. The molecule has 0 aliphatic carbocycles. The fraction of sp³-hybridized carbons (Fsp3) is 0.143. The zero-order valence-electron chi connectivity index (χ0n) is 35.3. The highest BCUT2D eigenvalue weighted by molar-refractivity contribution is 5.93. The Hall–Kier alpha value is -7.84. The zero-order valence-corrected chi connectivity index (χ0v) is 35.3. The van der Waals surface area contributed by atoms with Gasteiger partial charge >= 0.3 is 0 Å². The molecule has 8 N–H and O–H groups in total. The number of phenols is 8. The molecule has 0 saturated heterocycles. The molecular weight excluding hydrogens is 801 g/mol. The van der Waals surface area contributed by atoms with Crippen molar-refractivity contribution in [1.29, 1.82) is 0 Å². The Labute approximate surface area is 372 Å². The van der Waals surface area contributed by atoms with Gasteiger partial charge in [0.05, 0.1) is 11.1 Å². The number of benzene rings is 8. The second-order valence-corrected chi connectivity index (χ2v) is 16.4. The topological polar surface area (TPSA) is 162 Å². The number of aromatic hydroxyl groups is 8. The quantitative estimate of drug-likeness (QED) is 0.0396. The normalized spacial score (nSPS) is 12.7. The Balaban J connectivity index is 1.10. The molecule has 0 amide bonds. The number of hydrogen-bond donors (Lipinski definition) is 8. The van der Waals surface area contributed by atoms with Crippen molar-refractivity contribution in [3.63, 3.8) is 0 Å². The molecule has 1 unspecified atom stereocenters. The molecule has 0 heterocycles. The van der Waals surface area contributed by atoms with Crippen LogP contribution in [-0.2, 0) is 19.3 Å².